The Hall–Kier alpha value is -1.90. The fourth-order valence-corrected chi connectivity index (χ4v) is 1.14. The number of allylic oxidation sites excluding steroid dienone is 1. The summed E-state index contributed by atoms with van der Waals surface area (Å²) in [5.41, 5.74) is 0.752. The van der Waals surface area contributed by atoms with Gasteiger partial charge in [0.25, 0.3) is 5.91 Å². The molecule has 0 saturated carbocycles. The fourth-order valence-electron chi connectivity index (χ4n) is 1.14. The van der Waals surface area contributed by atoms with E-state index < -0.39 is 0 Å². The summed E-state index contributed by atoms with van der Waals surface area (Å²) in [5, 5.41) is 2.48. The van der Waals surface area contributed by atoms with E-state index in [1.807, 2.05) is 0 Å². The maximum Gasteiger partial charge on any atom is 0.251 e. The first-order valence-electron chi connectivity index (χ1n) is 4.18. The van der Waals surface area contributed by atoms with Gasteiger partial charge in [-0.25, -0.2) is 0 Å². The lowest BCUT2D eigenvalue weighted by atomic mass is 10.0. The van der Waals surface area contributed by atoms with E-state index in [1.165, 1.54) is 13.1 Å². The number of amides is 1. The molecule has 72 valence electrons. The molecule has 3 heteroatoms. The predicted octanol–water partition coefficient (Wildman–Crippen LogP) is 1.41. The molecule has 0 bridgehead atoms. The highest BCUT2D eigenvalue weighted by atomic mass is 16.2. The van der Waals surface area contributed by atoms with E-state index in [4.69, 9.17) is 0 Å². The van der Waals surface area contributed by atoms with Crippen molar-refractivity contribution in [3.8, 4) is 0 Å². The lowest BCUT2D eigenvalue weighted by molar-refractivity contribution is 0.0951. The van der Waals surface area contributed by atoms with Gasteiger partial charge in [0.05, 0.1) is 5.56 Å². The molecule has 0 fully saturated rings. The third-order valence-corrected chi connectivity index (χ3v) is 1.85. The third-order valence-electron chi connectivity index (χ3n) is 1.85. The van der Waals surface area contributed by atoms with Gasteiger partial charge in [-0.3, -0.25) is 9.59 Å². The summed E-state index contributed by atoms with van der Waals surface area (Å²) in [5.74, 6) is -0.514. The van der Waals surface area contributed by atoms with E-state index in [1.54, 1.807) is 24.3 Å². The van der Waals surface area contributed by atoms with Crippen molar-refractivity contribution >= 4 is 11.7 Å². The summed E-state index contributed by atoms with van der Waals surface area (Å²) >= 11 is 0. The Morgan fingerprint density at radius 1 is 1.29 bits per heavy atom. The first kappa shape index (κ1) is 10.2. The van der Waals surface area contributed by atoms with Gasteiger partial charge in [0.15, 0.2) is 5.78 Å². The van der Waals surface area contributed by atoms with E-state index >= 15 is 0 Å². The number of carbonyl (C=O) groups excluding carboxylic acids is 2. The van der Waals surface area contributed by atoms with Gasteiger partial charge in [-0.05, 0) is 12.1 Å². The molecule has 1 rings (SSSR count). The van der Waals surface area contributed by atoms with Crippen LogP contribution in [0.5, 0.6) is 0 Å². The highest BCUT2D eigenvalue weighted by molar-refractivity contribution is 6.12. The van der Waals surface area contributed by atoms with Crippen molar-refractivity contribution in [2.24, 2.45) is 0 Å². The number of benzene rings is 1. The van der Waals surface area contributed by atoms with Gasteiger partial charge in [-0.15, -0.1) is 0 Å². The van der Waals surface area contributed by atoms with E-state index in [2.05, 4.69) is 11.9 Å². The van der Waals surface area contributed by atoms with Crippen molar-refractivity contribution in [1.82, 2.24) is 5.32 Å². The number of hydrogen-bond donors (Lipinski definition) is 1. The van der Waals surface area contributed by atoms with Gasteiger partial charge < -0.3 is 5.32 Å². The third kappa shape index (κ3) is 1.88. The standard InChI is InChI=1S/C11H11NO2/c1-3-10(13)8-6-4-5-7-9(8)11(14)12-2/h3-7H,1H2,2H3,(H,12,14). The Bertz CT molecular complexity index is 383. The maximum absolute atomic E-state index is 11.4. The summed E-state index contributed by atoms with van der Waals surface area (Å²) in [6, 6.07) is 6.64. The van der Waals surface area contributed by atoms with Crippen LogP contribution in [0.1, 0.15) is 20.7 Å². The Morgan fingerprint density at radius 3 is 2.36 bits per heavy atom. The molecule has 3 nitrogen and oxygen atoms in total. The molecule has 0 atom stereocenters. The smallest absolute Gasteiger partial charge is 0.251 e. The normalized spacial score (nSPS) is 9.21. The van der Waals surface area contributed by atoms with Crippen molar-refractivity contribution < 1.29 is 9.59 Å². The molecule has 0 unspecified atom stereocenters. The van der Waals surface area contributed by atoms with Crippen LogP contribution in [0.2, 0.25) is 0 Å². The SMILES string of the molecule is C=CC(=O)c1ccccc1C(=O)NC. The zero-order valence-corrected chi connectivity index (χ0v) is 7.91. The maximum atomic E-state index is 11.4. The van der Waals surface area contributed by atoms with Gasteiger partial charge in [-0.1, -0.05) is 24.8 Å². The summed E-state index contributed by atoms with van der Waals surface area (Å²) in [6.45, 7) is 3.38. The molecule has 0 aliphatic heterocycles. The van der Waals surface area contributed by atoms with Crippen LogP contribution in [-0.2, 0) is 0 Å². The molecule has 0 spiro atoms. The Balaban J connectivity index is 3.22. The average molecular weight is 189 g/mol. The van der Waals surface area contributed by atoms with Gasteiger partial charge in [0, 0.05) is 12.6 Å². The molecule has 0 heterocycles. The molecule has 14 heavy (non-hydrogen) atoms. The zero-order chi connectivity index (χ0) is 10.6. The van der Waals surface area contributed by atoms with Crippen LogP contribution in [-0.4, -0.2) is 18.7 Å². The monoisotopic (exact) mass is 189 g/mol. The fraction of sp³-hybridized carbons (Fsp3) is 0.0909. The summed E-state index contributed by atoms with van der Waals surface area (Å²) < 4.78 is 0. The minimum absolute atomic E-state index is 0.246. The molecule has 1 N–H and O–H groups in total. The van der Waals surface area contributed by atoms with Crippen molar-refractivity contribution in [1.29, 1.82) is 0 Å². The molecule has 1 aromatic carbocycles. The highest BCUT2D eigenvalue weighted by Crippen LogP contribution is 2.09. The number of ketones is 1. The molecule has 0 aliphatic rings. The minimum atomic E-state index is -0.268. The predicted molar refractivity (Wildman–Crippen MR) is 54.4 cm³/mol. The second-order valence-corrected chi connectivity index (χ2v) is 2.69. The first-order chi connectivity index (χ1) is 6.70. The molecular formula is C11H11NO2. The molecule has 0 saturated heterocycles. The van der Waals surface area contributed by atoms with Crippen LogP contribution in [0.15, 0.2) is 36.9 Å². The second-order valence-electron chi connectivity index (χ2n) is 2.69. The van der Waals surface area contributed by atoms with E-state index in [-0.39, 0.29) is 11.7 Å². The Morgan fingerprint density at radius 2 is 1.86 bits per heavy atom. The first-order valence-corrected chi connectivity index (χ1v) is 4.18. The quantitative estimate of drug-likeness (QED) is 0.577. The summed E-state index contributed by atoms with van der Waals surface area (Å²) in [6.07, 6.45) is 1.20. The second kappa shape index (κ2) is 4.37. The van der Waals surface area contributed by atoms with E-state index in [0.29, 0.717) is 11.1 Å². The van der Waals surface area contributed by atoms with Crippen molar-refractivity contribution in [2.75, 3.05) is 7.05 Å². The van der Waals surface area contributed by atoms with Crippen LogP contribution in [0.25, 0.3) is 0 Å². The molecule has 1 amide bonds. The van der Waals surface area contributed by atoms with Crippen molar-refractivity contribution in [2.45, 2.75) is 0 Å². The van der Waals surface area contributed by atoms with Gasteiger partial charge in [-0.2, -0.15) is 0 Å². The van der Waals surface area contributed by atoms with E-state index in [9.17, 15) is 9.59 Å². The lowest BCUT2D eigenvalue weighted by Crippen LogP contribution is -2.20. The molecular weight excluding hydrogens is 178 g/mol. The Labute approximate surface area is 82.4 Å². The zero-order valence-electron chi connectivity index (χ0n) is 7.91. The molecule has 0 radical (unpaired) electrons. The van der Waals surface area contributed by atoms with Gasteiger partial charge >= 0.3 is 0 Å². The van der Waals surface area contributed by atoms with Crippen LogP contribution in [0.3, 0.4) is 0 Å². The lowest BCUT2D eigenvalue weighted by Gasteiger charge is -2.04. The highest BCUT2D eigenvalue weighted by Gasteiger charge is 2.12. The minimum Gasteiger partial charge on any atom is -0.355 e. The van der Waals surface area contributed by atoms with Crippen molar-refractivity contribution in [3.63, 3.8) is 0 Å². The summed E-state index contributed by atoms with van der Waals surface area (Å²) in [4.78, 5) is 22.7. The van der Waals surface area contributed by atoms with Crippen LogP contribution < -0.4 is 5.32 Å². The van der Waals surface area contributed by atoms with E-state index in [0.717, 1.165) is 0 Å². The molecule has 1 aromatic rings. The number of rotatable bonds is 3. The van der Waals surface area contributed by atoms with Crippen molar-refractivity contribution in [3.05, 3.63) is 48.0 Å². The van der Waals surface area contributed by atoms with Gasteiger partial charge in [0.2, 0.25) is 0 Å². The number of hydrogen-bond acceptors (Lipinski definition) is 2. The summed E-state index contributed by atoms with van der Waals surface area (Å²) in [7, 11) is 1.53. The molecule has 0 aromatic heterocycles. The largest absolute Gasteiger partial charge is 0.355 e. The number of nitrogens with one attached hydrogen (secondary N) is 1. The van der Waals surface area contributed by atoms with Crippen LogP contribution >= 0.6 is 0 Å². The number of carbonyl (C=O) groups is 2. The average Bonchev–Trinajstić information content (AvgIpc) is 2.27. The van der Waals surface area contributed by atoms with Crippen LogP contribution in [0, 0.1) is 0 Å². The topological polar surface area (TPSA) is 46.2 Å². The Kier molecular flexibility index (Phi) is 3.18. The van der Waals surface area contributed by atoms with Gasteiger partial charge in [0.1, 0.15) is 0 Å². The molecule has 0 aliphatic carbocycles. The van der Waals surface area contributed by atoms with Crippen LogP contribution in [0.4, 0.5) is 0 Å².